The number of hydrogen-bond donors (Lipinski definition) is 2. The molecule has 0 saturated carbocycles. The van der Waals surface area contributed by atoms with E-state index in [2.05, 4.69) is 48.2 Å². The average molecular weight is 284 g/mol. The second-order valence-electron chi connectivity index (χ2n) is 5.31. The fourth-order valence-corrected chi connectivity index (χ4v) is 2.54. The summed E-state index contributed by atoms with van der Waals surface area (Å²) < 4.78 is 5.63. The van der Waals surface area contributed by atoms with Crippen LogP contribution in [0.5, 0.6) is 0 Å². The van der Waals surface area contributed by atoms with Gasteiger partial charge in [-0.25, -0.2) is 0 Å². The Morgan fingerprint density at radius 2 is 2.05 bits per heavy atom. The summed E-state index contributed by atoms with van der Waals surface area (Å²) in [5, 5.41) is 6.69. The van der Waals surface area contributed by atoms with E-state index < -0.39 is 0 Å². The second kappa shape index (κ2) is 10.00. The highest BCUT2D eigenvalue weighted by atomic mass is 16.5. The Kier molecular flexibility index (Phi) is 8.62. The van der Waals surface area contributed by atoms with Gasteiger partial charge in [0.15, 0.2) is 5.96 Å². The molecule has 1 saturated heterocycles. The van der Waals surface area contributed by atoms with Crippen molar-refractivity contribution in [3.8, 4) is 0 Å². The summed E-state index contributed by atoms with van der Waals surface area (Å²) in [6, 6.07) is 0.475. The maximum atomic E-state index is 5.63. The van der Waals surface area contributed by atoms with Crippen molar-refractivity contribution in [3.05, 3.63) is 0 Å². The topological polar surface area (TPSA) is 48.9 Å². The molecule has 1 fully saturated rings. The Hall–Kier alpha value is -0.810. The smallest absolute Gasteiger partial charge is 0.191 e. The number of guanidine groups is 1. The van der Waals surface area contributed by atoms with Crippen LogP contribution in [0.3, 0.4) is 0 Å². The first kappa shape index (κ1) is 17.2. The molecular formula is C15H32N4O. The molecular weight excluding hydrogens is 252 g/mol. The van der Waals surface area contributed by atoms with Gasteiger partial charge in [-0.05, 0) is 39.8 Å². The number of rotatable bonds is 8. The highest BCUT2D eigenvalue weighted by Crippen LogP contribution is 2.10. The molecule has 1 rings (SSSR count). The number of nitrogens with zero attached hydrogens (tertiary/aromatic N) is 2. The fourth-order valence-electron chi connectivity index (χ4n) is 2.54. The molecule has 2 atom stereocenters. The fraction of sp³-hybridized carbons (Fsp3) is 0.933. The van der Waals surface area contributed by atoms with Crippen LogP contribution in [0.25, 0.3) is 0 Å². The second-order valence-corrected chi connectivity index (χ2v) is 5.31. The van der Waals surface area contributed by atoms with Crippen molar-refractivity contribution in [2.24, 2.45) is 4.99 Å². The quantitative estimate of drug-likeness (QED) is 0.523. The number of likely N-dealkylation sites (N-methyl/N-ethyl adjacent to an activating group) is 1. The first-order valence-corrected chi connectivity index (χ1v) is 8.09. The van der Waals surface area contributed by atoms with Gasteiger partial charge in [-0.1, -0.05) is 13.8 Å². The van der Waals surface area contributed by atoms with E-state index in [1.165, 1.54) is 6.42 Å². The van der Waals surface area contributed by atoms with Crippen molar-refractivity contribution in [1.29, 1.82) is 0 Å². The highest BCUT2D eigenvalue weighted by Gasteiger charge is 2.15. The molecule has 5 heteroatoms. The van der Waals surface area contributed by atoms with Crippen LogP contribution in [-0.4, -0.2) is 62.3 Å². The van der Waals surface area contributed by atoms with Crippen LogP contribution in [0.15, 0.2) is 4.99 Å². The predicted octanol–water partition coefficient (Wildman–Crippen LogP) is 1.45. The van der Waals surface area contributed by atoms with E-state index in [1.54, 1.807) is 0 Å². The summed E-state index contributed by atoms with van der Waals surface area (Å²) in [4.78, 5) is 7.11. The molecule has 0 bridgehead atoms. The lowest BCUT2D eigenvalue weighted by Gasteiger charge is -2.25. The van der Waals surface area contributed by atoms with Crippen molar-refractivity contribution in [2.45, 2.75) is 52.7 Å². The van der Waals surface area contributed by atoms with E-state index in [0.717, 1.165) is 51.7 Å². The minimum atomic E-state index is 0.346. The Labute approximate surface area is 124 Å². The minimum absolute atomic E-state index is 0.346. The standard InChI is InChI=1S/C15H32N4O/c1-5-16-15(18-12-14-9-8-10-20-14)17-11-13(4)19(6-2)7-3/h13-14H,5-12H2,1-4H3,(H2,16,17,18). The van der Waals surface area contributed by atoms with Gasteiger partial charge in [0.25, 0.3) is 0 Å². The van der Waals surface area contributed by atoms with E-state index in [-0.39, 0.29) is 0 Å². The molecule has 0 radical (unpaired) electrons. The van der Waals surface area contributed by atoms with Crippen LogP contribution in [-0.2, 0) is 4.74 Å². The molecule has 2 unspecified atom stereocenters. The first-order chi connectivity index (χ1) is 9.71. The van der Waals surface area contributed by atoms with Crippen LogP contribution in [0, 0.1) is 0 Å². The van der Waals surface area contributed by atoms with E-state index in [9.17, 15) is 0 Å². The third kappa shape index (κ3) is 6.09. The van der Waals surface area contributed by atoms with E-state index >= 15 is 0 Å². The lowest BCUT2D eigenvalue weighted by atomic mass is 10.2. The molecule has 1 aliphatic rings. The molecule has 0 spiro atoms. The van der Waals surface area contributed by atoms with Crippen LogP contribution >= 0.6 is 0 Å². The molecule has 0 aromatic carbocycles. The molecule has 0 amide bonds. The zero-order valence-corrected chi connectivity index (χ0v) is 13.6. The van der Waals surface area contributed by atoms with Gasteiger partial charge in [0.1, 0.15) is 0 Å². The van der Waals surface area contributed by atoms with E-state index in [0.29, 0.717) is 12.1 Å². The largest absolute Gasteiger partial charge is 0.376 e. The predicted molar refractivity (Wildman–Crippen MR) is 85.3 cm³/mol. The zero-order valence-electron chi connectivity index (χ0n) is 13.6. The number of aliphatic imine (C=N–C) groups is 1. The summed E-state index contributed by atoms with van der Waals surface area (Å²) in [5.74, 6) is 0.905. The van der Waals surface area contributed by atoms with Gasteiger partial charge >= 0.3 is 0 Å². The average Bonchev–Trinajstić information content (AvgIpc) is 2.96. The molecule has 1 heterocycles. The summed E-state index contributed by atoms with van der Waals surface area (Å²) in [5.41, 5.74) is 0. The third-order valence-corrected chi connectivity index (χ3v) is 3.81. The van der Waals surface area contributed by atoms with Gasteiger partial charge in [0.05, 0.1) is 12.6 Å². The molecule has 1 aliphatic heterocycles. The summed E-state index contributed by atoms with van der Waals surface area (Å²) in [6.07, 6.45) is 2.68. The Bertz CT molecular complexity index is 273. The van der Waals surface area contributed by atoms with Crippen LogP contribution < -0.4 is 10.6 Å². The van der Waals surface area contributed by atoms with Gasteiger partial charge in [-0.2, -0.15) is 0 Å². The maximum absolute atomic E-state index is 5.63. The SMILES string of the molecule is CCNC(=NCC(C)N(CC)CC)NCC1CCCO1. The molecule has 20 heavy (non-hydrogen) atoms. The molecule has 0 aliphatic carbocycles. The van der Waals surface area contributed by atoms with Crippen LogP contribution in [0.1, 0.15) is 40.5 Å². The summed E-state index contributed by atoms with van der Waals surface area (Å²) in [6.45, 7) is 14.3. The van der Waals surface area contributed by atoms with Gasteiger partial charge in [-0.3, -0.25) is 9.89 Å². The molecule has 118 valence electrons. The number of hydrogen-bond acceptors (Lipinski definition) is 3. The lowest BCUT2D eigenvalue weighted by Crippen LogP contribution is -2.42. The van der Waals surface area contributed by atoms with Gasteiger partial charge in [0.2, 0.25) is 0 Å². The Morgan fingerprint density at radius 1 is 1.30 bits per heavy atom. The molecule has 2 N–H and O–H groups in total. The molecule has 5 nitrogen and oxygen atoms in total. The van der Waals surface area contributed by atoms with E-state index in [1.807, 2.05) is 0 Å². The summed E-state index contributed by atoms with van der Waals surface area (Å²) in [7, 11) is 0. The zero-order chi connectivity index (χ0) is 14.8. The van der Waals surface area contributed by atoms with Crippen LogP contribution in [0.2, 0.25) is 0 Å². The maximum Gasteiger partial charge on any atom is 0.191 e. The van der Waals surface area contributed by atoms with Crippen molar-refractivity contribution in [3.63, 3.8) is 0 Å². The Morgan fingerprint density at radius 3 is 2.60 bits per heavy atom. The van der Waals surface area contributed by atoms with Gasteiger partial charge in [0, 0.05) is 25.7 Å². The normalized spacial score (nSPS) is 21.2. The van der Waals surface area contributed by atoms with Crippen molar-refractivity contribution in [1.82, 2.24) is 15.5 Å². The van der Waals surface area contributed by atoms with Gasteiger partial charge < -0.3 is 15.4 Å². The highest BCUT2D eigenvalue weighted by molar-refractivity contribution is 5.79. The van der Waals surface area contributed by atoms with Crippen molar-refractivity contribution in [2.75, 3.05) is 39.3 Å². The third-order valence-electron chi connectivity index (χ3n) is 3.81. The lowest BCUT2D eigenvalue weighted by molar-refractivity contribution is 0.113. The molecule has 0 aromatic heterocycles. The van der Waals surface area contributed by atoms with Crippen molar-refractivity contribution < 1.29 is 4.74 Å². The van der Waals surface area contributed by atoms with E-state index in [4.69, 9.17) is 4.74 Å². The molecule has 0 aromatic rings. The monoisotopic (exact) mass is 284 g/mol. The first-order valence-electron chi connectivity index (χ1n) is 8.09. The summed E-state index contributed by atoms with van der Waals surface area (Å²) >= 11 is 0. The van der Waals surface area contributed by atoms with Crippen LogP contribution in [0.4, 0.5) is 0 Å². The van der Waals surface area contributed by atoms with Gasteiger partial charge in [-0.15, -0.1) is 0 Å². The Balaban J connectivity index is 2.40. The number of ether oxygens (including phenoxy) is 1. The minimum Gasteiger partial charge on any atom is -0.376 e. The number of nitrogens with one attached hydrogen (secondary N) is 2. The van der Waals surface area contributed by atoms with Crippen molar-refractivity contribution >= 4 is 5.96 Å².